The normalized spacial score (nSPS) is 13.8. The van der Waals surface area contributed by atoms with E-state index in [1.54, 1.807) is 36.5 Å². The number of carbonyl (C=O) groups is 9. The first-order chi connectivity index (χ1) is 35.9. The number of nitrogens with two attached hydrogens (primary N) is 3. The number of primary amides is 1. The summed E-state index contributed by atoms with van der Waals surface area (Å²) >= 11 is 8.34. The van der Waals surface area contributed by atoms with Crippen LogP contribution in [0.25, 0.3) is 10.9 Å². The summed E-state index contributed by atoms with van der Waals surface area (Å²) in [5, 5.41) is 22.1. The van der Waals surface area contributed by atoms with E-state index in [-0.39, 0.29) is 69.1 Å². The molecule has 0 aliphatic heterocycles. The molecular weight excluding hydrogens is 1010 g/mol. The quantitative estimate of drug-likeness (QED) is 0.0114. The van der Waals surface area contributed by atoms with Crippen molar-refractivity contribution in [2.45, 2.75) is 114 Å². The molecule has 4 aromatic rings. The fraction of sp³-hybridized carbons (Fsp3) is 0.449. The summed E-state index contributed by atoms with van der Waals surface area (Å²) in [6.45, 7) is 3.08. The number of fused-ring (bicyclic) bond motifs is 1. The van der Waals surface area contributed by atoms with E-state index < -0.39 is 95.5 Å². The summed E-state index contributed by atoms with van der Waals surface area (Å²) in [5.41, 5.74) is 19.0. The molecule has 0 saturated carbocycles. The van der Waals surface area contributed by atoms with Crippen molar-refractivity contribution in [3.8, 4) is 0 Å². The number of benzene rings is 2. The highest BCUT2D eigenvalue weighted by molar-refractivity contribution is 7.80. The number of hydrogen-bond donors (Lipinski definition) is 15. The van der Waals surface area contributed by atoms with Crippen LogP contribution in [-0.4, -0.2) is 141 Å². The smallest absolute Gasteiger partial charge is 0.244 e. The van der Waals surface area contributed by atoms with Crippen molar-refractivity contribution in [2.75, 3.05) is 24.6 Å². The van der Waals surface area contributed by atoms with Crippen LogP contribution in [0.15, 0.2) is 78.3 Å². The maximum absolute atomic E-state index is 14.6. The number of nitrogens with zero attached hydrogens (tertiary/aromatic N) is 2. The average molecular weight is 1080 g/mol. The molecule has 0 radical (unpaired) electrons. The zero-order valence-electron chi connectivity index (χ0n) is 41.9. The monoisotopic (exact) mass is 1080 g/mol. The van der Waals surface area contributed by atoms with Gasteiger partial charge in [-0.15, -0.1) is 0 Å². The van der Waals surface area contributed by atoms with Crippen LogP contribution in [0.2, 0.25) is 0 Å². The van der Waals surface area contributed by atoms with Crippen molar-refractivity contribution in [2.24, 2.45) is 22.2 Å². The third kappa shape index (κ3) is 20.3. The van der Waals surface area contributed by atoms with Crippen LogP contribution in [0.5, 0.6) is 0 Å². The summed E-state index contributed by atoms with van der Waals surface area (Å²) in [6, 6.07) is 7.48. The number of amides is 9. The highest BCUT2D eigenvalue weighted by Gasteiger charge is 2.34. The Morgan fingerprint density at radius 2 is 1.19 bits per heavy atom. The molecule has 7 atom stereocenters. The number of aromatic amines is 2. The van der Waals surface area contributed by atoms with E-state index >= 15 is 0 Å². The minimum Gasteiger partial charge on any atom is -0.370 e. The van der Waals surface area contributed by atoms with Gasteiger partial charge in [-0.2, -0.15) is 25.3 Å². The lowest BCUT2D eigenvalue weighted by atomic mass is 10.0. The summed E-state index contributed by atoms with van der Waals surface area (Å²) < 4.78 is 0. The van der Waals surface area contributed by atoms with Crippen LogP contribution in [0.1, 0.15) is 69.2 Å². The van der Waals surface area contributed by atoms with E-state index in [1.165, 1.54) is 19.4 Å². The molecule has 0 aliphatic carbocycles. The predicted molar refractivity (Wildman–Crippen MR) is 288 cm³/mol. The Morgan fingerprint density at radius 3 is 1.79 bits per heavy atom. The van der Waals surface area contributed by atoms with E-state index in [2.05, 4.69) is 87.7 Å². The van der Waals surface area contributed by atoms with Crippen LogP contribution in [0, 0.1) is 0 Å². The van der Waals surface area contributed by atoms with Gasteiger partial charge in [0.25, 0.3) is 0 Å². The van der Waals surface area contributed by atoms with E-state index in [0.29, 0.717) is 29.7 Å². The van der Waals surface area contributed by atoms with E-state index in [0.717, 1.165) is 17.3 Å². The third-order valence-corrected chi connectivity index (χ3v) is 12.4. The number of guanidine groups is 1. The second kappa shape index (κ2) is 31.2. The molecule has 0 bridgehead atoms. The minimum absolute atomic E-state index is 0.0333. The molecule has 75 heavy (non-hydrogen) atoms. The zero-order valence-corrected chi connectivity index (χ0v) is 43.6. The second-order valence-corrected chi connectivity index (χ2v) is 18.3. The van der Waals surface area contributed by atoms with Crippen molar-refractivity contribution in [1.29, 1.82) is 0 Å². The lowest BCUT2D eigenvalue weighted by Gasteiger charge is -2.27. The Morgan fingerprint density at radius 1 is 0.627 bits per heavy atom. The summed E-state index contributed by atoms with van der Waals surface area (Å²) in [6.07, 6.45) is 5.84. The lowest BCUT2D eigenvalue weighted by Crippen LogP contribution is -2.60. The van der Waals surface area contributed by atoms with Gasteiger partial charge in [-0.3, -0.25) is 48.1 Å². The van der Waals surface area contributed by atoms with Crippen molar-refractivity contribution in [3.05, 3.63) is 90.1 Å². The van der Waals surface area contributed by atoms with Crippen LogP contribution >= 0.6 is 25.3 Å². The number of unbranched alkanes of at least 4 members (excludes halogenated alkanes) is 1. The first-order valence-corrected chi connectivity index (χ1v) is 25.7. The number of nitrogens with one attached hydrogen (secondary N) is 10. The summed E-state index contributed by atoms with van der Waals surface area (Å²) in [5.74, 6) is -6.69. The van der Waals surface area contributed by atoms with E-state index in [1.807, 2.05) is 31.2 Å². The molecule has 16 N–H and O–H groups in total. The topological polar surface area (TPSA) is 385 Å². The average Bonchev–Trinajstić information content (AvgIpc) is 4.06. The molecule has 0 aliphatic rings. The number of imidazole rings is 1. The van der Waals surface area contributed by atoms with Crippen LogP contribution in [0.4, 0.5) is 0 Å². The van der Waals surface area contributed by atoms with Crippen molar-refractivity contribution in [1.82, 2.24) is 57.5 Å². The number of para-hydroxylation sites is 1. The van der Waals surface area contributed by atoms with E-state index in [9.17, 15) is 43.2 Å². The molecule has 24 nitrogen and oxygen atoms in total. The van der Waals surface area contributed by atoms with Gasteiger partial charge in [0.1, 0.15) is 42.3 Å². The molecule has 2 aromatic heterocycles. The van der Waals surface area contributed by atoms with Crippen LogP contribution < -0.4 is 59.7 Å². The Bertz CT molecular complexity index is 2580. The SMILES string of the molecule is CCCC[C@H](NC(C)=O)C(=O)N[C@@H](CS)C(=O)N[C@@H](Cc1cnc[nH]1)C(=O)N[C@H](Cc1ccccc1)C(=O)N[C@@H](CCCN=C(N)N)C(=O)N[C@H](Cc1c[nH]c2ccccc12)C(=O)NCCC(=O)N[C@@H](CS)C(N)=O. The number of carbonyl (C=O) groups excluding carboxylic acids is 9. The van der Waals surface area contributed by atoms with Gasteiger partial charge in [0.2, 0.25) is 53.2 Å². The van der Waals surface area contributed by atoms with Gasteiger partial charge in [-0.25, -0.2) is 4.98 Å². The van der Waals surface area contributed by atoms with Gasteiger partial charge < -0.3 is 69.7 Å². The first kappa shape index (κ1) is 59.9. The van der Waals surface area contributed by atoms with Crippen LogP contribution in [-0.2, 0) is 62.4 Å². The number of rotatable bonds is 32. The van der Waals surface area contributed by atoms with Gasteiger partial charge in [0.15, 0.2) is 5.96 Å². The highest BCUT2D eigenvalue weighted by Crippen LogP contribution is 2.20. The second-order valence-electron chi connectivity index (χ2n) is 17.6. The number of H-pyrrole nitrogens is 2. The number of thiol groups is 2. The first-order valence-electron chi connectivity index (χ1n) is 24.4. The fourth-order valence-electron chi connectivity index (χ4n) is 7.76. The van der Waals surface area contributed by atoms with Gasteiger partial charge in [0, 0.05) is 86.2 Å². The molecule has 2 heterocycles. The molecule has 406 valence electrons. The number of aliphatic imine (C=N–C) groups is 1. The summed E-state index contributed by atoms with van der Waals surface area (Å²) in [4.78, 5) is 135. The van der Waals surface area contributed by atoms with Gasteiger partial charge >= 0.3 is 0 Å². The number of hydrogen-bond acceptors (Lipinski definition) is 13. The maximum Gasteiger partial charge on any atom is 0.244 e. The highest BCUT2D eigenvalue weighted by atomic mass is 32.1. The van der Waals surface area contributed by atoms with E-state index in [4.69, 9.17) is 17.2 Å². The van der Waals surface area contributed by atoms with Crippen molar-refractivity contribution < 1.29 is 43.2 Å². The van der Waals surface area contributed by atoms with Crippen molar-refractivity contribution in [3.63, 3.8) is 0 Å². The Labute approximate surface area is 445 Å². The minimum atomic E-state index is -1.38. The Kier molecular flexibility index (Phi) is 24.9. The fourth-order valence-corrected chi connectivity index (χ4v) is 8.29. The molecule has 26 heteroatoms. The molecule has 4 rings (SSSR count). The lowest BCUT2D eigenvalue weighted by molar-refractivity contribution is -0.135. The molecule has 9 amide bonds. The molecule has 2 aromatic carbocycles. The van der Waals surface area contributed by atoms with Crippen molar-refractivity contribution >= 4 is 95.3 Å². The zero-order chi connectivity index (χ0) is 54.9. The maximum atomic E-state index is 14.6. The Balaban J connectivity index is 1.62. The third-order valence-electron chi connectivity index (χ3n) is 11.7. The Hall–Kier alpha value is -7.61. The predicted octanol–water partition coefficient (Wildman–Crippen LogP) is -1.57. The summed E-state index contributed by atoms with van der Waals surface area (Å²) in [7, 11) is 0. The molecule has 0 unspecified atom stereocenters. The molecule has 0 fully saturated rings. The van der Waals surface area contributed by atoms with Gasteiger partial charge in [-0.1, -0.05) is 68.3 Å². The standard InChI is InChI=1S/C49H69N15O9S2/c1-3-4-14-34(58-28(2)65)44(69)64-40(26-75)48(73)63-38(22-31-24-53-27-57-31)47(72)61-36(20-29-11-6-5-7-12-29)46(71)60-35(16-10-18-55-49(51)52)45(70)62-37(21-30-23-56-33-15-9-8-13-32(30)33)43(68)54-19-17-41(66)59-39(25-74)42(50)67/h5-9,11-13,15,23-24,27,34-40,56,74-75H,3-4,10,14,16-22,25-26H2,1-2H3,(H2,50,67)(H,53,57)(H,54,68)(H,58,65)(H,59,66)(H,60,71)(H,61,72)(H,62,70)(H,63,73)(H,64,69)(H4,51,52,55)/t34-,35-,36+,37+,38-,39-,40-/m0/s1. The molecular formula is C49H69N15O9S2. The van der Waals surface area contributed by atoms with Gasteiger partial charge in [0.05, 0.1) is 6.33 Å². The van der Waals surface area contributed by atoms with Crippen LogP contribution in [0.3, 0.4) is 0 Å². The number of aromatic nitrogens is 3. The largest absolute Gasteiger partial charge is 0.370 e. The molecule has 0 spiro atoms. The van der Waals surface area contributed by atoms with Gasteiger partial charge in [-0.05, 0) is 36.5 Å². The molecule has 0 saturated heterocycles.